The number of aliphatic hydroxyl groups excluding tert-OH is 1. The second kappa shape index (κ2) is 8.80. The number of ketones is 2. The Bertz CT molecular complexity index is 1250. The number of allylic oxidation sites excluding steroid dienone is 2. The third-order valence-electron chi connectivity index (χ3n) is 10.6. The molecule has 0 aromatic carbocycles. The van der Waals surface area contributed by atoms with E-state index in [9.17, 15) is 24.3 Å². The number of fused-ring (bicyclic) bond motifs is 1. The van der Waals surface area contributed by atoms with Gasteiger partial charge in [-0.3, -0.25) is 14.4 Å². The molecule has 9 atom stereocenters. The first-order valence-electron chi connectivity index (χ1n) is 14.2. The van der Waals surface area contributed by atoms with E-state index in [1.165, 1.54) is 7.11 Å². The molecule has 10 heteroatoms. The lowest BCUT2D eigenvalue weighted by Gasteiger charge is -2.41. The minimum Gasteiger partial charge on any atom is -0.456 e. The highest BCUT2D eigenvalue weighted by atomic mass is 16.7. The van der Waals surface area contributed by atoms with E-state index >= 15 is 0 Å². The van der Waals surface area contributed by atoms with E-state index in [-0.39, 0.29) is 49.3 Å². The van der Waals surface area contributed by atoms with Crippen LogP contribution in [-0.2, 0) is 42.9 Å². The van der Waals surface area contributed by atoms with Crippen LogP contribution in [0.1, 0.15) is 72.6 Å². The summed E-state index contributed by atoms with van der Waals surface area (Å²) in [4.78, 5) is 52.6. The Balaban J connectivity index is 1.36. The average molecular weight is 559 g/mol. The van der Waals surface area contributed by atoms with E-state index in [2.05, 4.69) is 0 Å². The largest absolute Gasteiger partial charge is 0.456 e. The predicted molar refractivity (Wildman–Crippen MR) is 137 cm³/mol. The highest BCUT2D eigenvalue weighted by Crippen LogP contribution is 2.64. The topological polar surface area (TPSA) is 135 Å². The Hall–Kier alpha value is -2.40. The first-order chi connectivity index (χ1) is 18.8. The van der Waals surface area contributed by atoms with Gasteiger partial charge in [-0.05, 0) is 51.7 Å². The van der Waals surface area contributed by atoms with E-state index in [0.717, 1.165) is 0 Å². The zero-order chi connectivity index (χ0) is 28.9. The molecule has 1 N–H and O–H groups in total. The number of esters is 2. The fourth-order valence-corrected chi connectivity index (χ4v) is 8.68. The van der Waals surface area contributed by atoms with Crippen LogP contribution < -0.4 is 0 Å². The van der Waals surface area contributed by atoms with Crippen molar-refractivity contribution < 1.29 is 48.0 Å². The van der Waals surface area contributed by atoms with Gasteiger partial charge in [0.15, 0.2) is 5.78 Å². The van der Waals surface area contributed by atoms with E-state index in [1.54, 1.807) is 26.0 Å². The molecule has 10 nitrogen and oxygen atoms in total. The van der Waals surface area contributed by atoms with Gasteiger partial charge in [0.1, 0.15) is 23.2 Å². The summed E-state index contributed by atoms with van der Waals surface area (Å²) in [6.45, 7) is 6.86. The molecular weight excluding hydrogens is 520 g/mol. The van der Waals surface area contributed by atoms with Crippen LogP contribution in [0.25, 0.3) is 0 Å². The molecule has 0 aromatic heterocycles. The highest BCUT2D eigenvalue weighted by molar-refractivity contribution is 5.95. The summed E-state index contributed by atoms with van der Waals surface area (Å²) in [6.07, 6.45) is 4.89. The summed E-state index contributed by atoms with van der Waals surface area (Å²) in [6, 6.07) is 0. The van der Waals surface area contributed by atoms with Crippen LogP contribution in [-0.4, -0.2) is 71.0 Å². The van der Waals surface area contributed by atoms with E-state index < -0.39 is 51.9 Å². The summed E-state index contributed by atoms with van der Waals surface area (Å²) >= 11 is 0. The molecule has 218 valence electrons. The smallest absolute Gasteiger partial charge is 0.339 e. The van der Waals surface area contributed by atoms with Gasteiger partial charge in [-0.2, -0.15) is 0 Å². The van der Waals surface area contributed by atoms with Crippen LogP contribution in [0.3, 0.4) is 0 Å². The first kappa shape index (κ1) is 27.8. The number of Topliss-reactive ketones (excluding diaryl/α,β-unsaturated/α-hetero) is 2. The summed E-state index contributed by atoms with van der Waals surface area (Å²) in [5.41, 5.74) is -3.46. The van der Waals surface area contributed by atoms with Crippen molar-refractivity contribution in [3.05, 3.63) is 23.5 Å². The Labute approximate surface area is 233 Å². The first-order valence-corrected chi connectivity index (χ1v) is 14.2. The molecule has 1 saturated carbocycles. The maximum atomic E-state index is 14.2. The number of rotatable bonds is 5. The molecule has 2 bridgehead atoms. The van der Waals surface area contributed by atoms with Gasteiger partial charge in [-0.25, -0.2) is 4.79 Å². The summed E-state index contributed by atoms with van der Waals surface area (Å²) in [5, 5.41) is 10.3. The SMILES string of the molecule is CO[C@]12C[C@@](C)(C(=O)[C@H](C)/C=C3/C=C(C)C(=O)O3)CC[C@@]3(C[C@]45OC(=O)C[C@H]4O[C@@](C)(CO)[C@@H]5CC[C@H]3C1=O)O2. The fourth-order valence-electron chi connectivity index (χ4n) is 8.68. The maximum absolute atomic E-state index is 14.2. The quantitative estimate of drug-likeness (QED) is 0.502. The molecule has 2 spiro atoms. The lowest BCUT2D eigenvalue weighted by atomic mass is 9.64. The Morgan fingerprint density at radius 3 is 2.60 bits per heavy atom. The molecule has 0 aromatic rings. The lowest BCUT2D eigenvalue weighted by molar-refractivity contribution is -0.247. The van der Waals surface area contributed by atoms with Crippen LogP contribution in [0.2, 0.25) is 0 Å². The third kappa shape index (κ3) is 3.68. The Morgan fingerprint density at radius 1 is 1.20 bits per heavy atom. The second-order valence-corrected chi connectivity index (χ2v) is 13.2. The molecule has 40 heavy (non-hydrogen) atoms. The van der Waals surface area contributed by atoms with Crippen LogP contribution in [0.15, 0.2) is 23.5 Å². The van der Waals surface area contributed by atoms with Crippen molar-refractivity contribution in [3.63, 3.8) is 0 Å². The molecular formula is C30H38O10. The predicted octanol–water partition coefficient (Wildman–Crippen LogP) is 2.70. The average Bonchev–Trinajstić information content (AvgIpc) is 3.44. The zero-order valence-electron chi connectivity index (χ0n) is 23.7. The van der Waals surface area contributed by atoms with Gasteiger partial charge in [-0.1, -0.05) is 13.8 Å². The van der Waals surface area contributed by atoms with Crippen LogP contribution in [0.5, 0.6) is 0 Å². The van der Waals surface area contributed by atoms with Crippen molar-refractivity contribution >= 4 is 23.5 Å². The molecule has 1 aliphatic carbocycles. The molecule has 5 heterocycles. The van der Waals surface area contributed by atoms with Gasteiger partial charge in [0.25, 0.3) is 0 Å². The number of carbonyl (C=O) groups excluding carboxylic acids is 4. The van der Waals surface area contributed by atoms with Gasteiger partial charge in [-0.15, -0.1) is 0 Å². The maximum Gasteiger partial charge on any atom is 0.339 e. The van der Waals surface area contributed by atoms with Crippen molar-refractivity contribution in [2.75, 3.05) is 13.7 Å². The minimum absolute atomic E-state index is 0.0546. The number of cyclic esters (lactones) is 1. The van der Waals surface area contributed by atoms with Crippen LogP contribution in [0.4, 0.5) is 0 Å². The number of aliphatic hydroxyl groups is 1. The summed E-state index contributed by atoms with van der Waals surface area (Å²) in [5.74, 6) is -3.75. The van der Waals surface area contributed by atoms with Crippen molar-refractivity contribution in [2.45, 2.75) is 101 Å². The number of hydrogen-bond donors (Lipinski definition) is 1. The molecule has 6 rings (SSSR count). The zero-order valence-corrected chi connectivity index (χ0v) is 23.7. The summed E-state index contributed by atoms with van der Waals surface area (Å²) < 4.78 is 30.3. The van der Waals surface area contributed by atoms with Crippen LogP contribution in [0, 0.1) is 23.2 Å². The van der Waals surface area contributed by atoms with E-state index in [0.29, 0.717) is 37.0 Å². The van der Waals surface area contributed by atoms with Crippen molar-refractivity contribution in [3.8, 4) is 0 Å². The fraction of sp³-hybridized carbons (Fsp3) is 0.733. The monoisotopic (exact) mass is 558 g/mol. The number of ether oxygens (including phenoxy) is 5. The molecule has 5 fully saturated rings. The molecule has 0 unspecified atom stereocenters. The Kier molecular flexibility index (Phi) is 6.11. The minimum atomic E-state index is -1.61. The van der Waals surface area contributed by atoms with Crippen LogP contribution >= 0.6 is 0 Å². The standard InChI is InChI=1S/C30H38O10/c1-16(10-18-11-17(2)25(35)37-18)23(33)26(3)8-9-28-14-29-20(27(4,15-31)38-21(29)12-22(32)39-29)7-6-19(28)24(34)30(13-26,36-5)40-28/h10-11,16,19-21,31H,6-9,12-15H2,1-5H3/b18-10-/t16-,19+,20+,21-,26+,27+,28+,29-,30+/m1/s1. The number of carbonyl (C=O) groups is 4. The van der Waals surface area contributed by atoms with E-state index in [1.807, 2.05) is 13.8 Å². The summed E-state index contributed by atoms with van der Waals surface area (Å²) in [7, 11) is 1.44. The van der Waals surface area contributed by atoms with Gasteiger partial charge >= 0.3 is 11.9 Å². The van der Waals surface area contributed by atoms with Crippen molar-refractivity contribution in [1.29, 1.82) is 0 Å². The number of hydrogen-bond acceptors (Lipinski definition) is 10. The Morgan fingerprint density at radius 2 is 1.95 bits per heavy atom. The van der Waals surface area contributed by atoms with Gasteiger partial charge < -0.3 is 28.8 Å². The second-order valence-electron chi connectivity index (χ2n) is 13.2. The molecule has 4 saturated heterocycles. The highest BCUT2D eigenvalue weighted by Gasteiger charge is 2.75. The van der Waals surface area contributed by atoms with Gasteiger partial charge in [0.2, 0.25) is 5.79 Å². The molecule has 0 amide bonds. The lowest BCUT2D eigenvalue weighted by Crippen LogP contribution is -2.51. The van der Waals surface area contributed by atoms with Gasteiger partial charge in [0, 0.05) is 42.8 Å². The molecule has 0 radical (unpaired) electrons. The number of methoxy groups -OCH3 is 1. The third-order valence-corrected chi connectivity index (χ3v) is 10.6. The van der Waals surface area contributed by atoms with E-state index in [4.69, 9.17) is 23.7 Å². The molecule has 5 aliphatic heterocycles. The van der Waals surface area contributed by atoms with Crippen molar-refractivity contribution in [2.24, 2.45) is 23.2 Å². The van der Waals surface area contributed by atoms with Gasteiger partial charge in [0.05, 0.1) is 30.1 Å². The van der Waals surface area contributed by atoms with Crippen molar-refractivity contribution in [1.82, 2.24) is 0 Å². The molecule has 6 aliphatic rings. The normalized spacial score (nSPS) is 47.5.